The molecule has 1 saturated heterocycles. The number of carbonyl (C=O) groups is 1. The van der Waals surface area contributed by atoms with Crippen LogP contribution in [0, 0.1) is 0 Å². The number of sulfonamides is 1. The Balaban J connectivity index is 1.58. The van der Waals surface area contributed by atoms with Gasteiger partial charge in [-0.25, -0.2) is 8.42 Å². The van der Waals surface area contributed by atoms with Crippen molar-refractivity contribution in [1.29, 1.82) is 0 Å². The average Bonchev–Trinajstić information content (AvgIpc) is 3.05. The van der Waals surface area contributed by atoms with Gasteiger partial charge in [-0.1, -0.05) is 45.0 Å². The highest BCUT2D eigenvalue weighted by molar-refractivity contribution is 7.89. The van der Waals surface area contributed by atoms with E-state index in [1.807, 2.05) is 24.3 Å². The van der Waals surface area contributed by atoms with Crippen molar-refractivity contribution in [2.24, 2.45) is 0 Å². The molecule has 2 aromatic carbocycles. The summed E-state index contributed by atoms with van der Waals surface area (Å²) < 4.78 is 33.9. The number of benzene rings is 2. The van der Waals surface area contributed by atoms with E-state index in [0.29, 0.717) is 24.3 Å². The van der Waals surface area contributed by atoms with Gasteiger partial charge in [0.15, 0.2) is 5.78 Å². The number of para-hydroxylation sites is 1. The van der Waals surface area contributed by atoms with Crippen molar-refractivity contribution in [3.8, 4) is 5.75 Å². The molecule has 1 atom stereocenters. The van der Waals surface area contributed by atoms with Crippen LogP contribution in [0.4, 0.5) is 0 Å². The lowest BCUT2D eigenvalue weighted by Gasteiger charge is -2.34. The number of hydrogen-bond donors (Lipinski definition) is 0. The van der Waals surface area contributed by atoms with Crippen LogP contribution in [0.1, 0.15) is 49.5 Å². The van der Waals surface area contributed by atoms with Crippen LogP contribution < -0.4 is 4.74 Å². The zero-order valence-corrected chi connectivity index (χ0v) is 17.3. The van der Waals surface area contributed by atoms with Crippen molar-refractivity contribution >= 4 is 15.8 Å². The molecule has 4 rings (SSSR count). The monoisotopic (exact) mass is 399 g/mol. The standard InChI is InChI=1S/C22H25NO4S/c1-21(2,3)16-8-10-17(11-9-16)28(25,26)23-13-12-22(15-23)14-19(24)18-6-4-5-7-20(18)27-22/h4-11H,12-15H2,1-3H3. The van der Waals surface area contributed by atoms with E-state index in [1.54, 1.807) is 24.3 Å². The number of Topliss-reactive ketones (excluding diaryl/α,β-unsaturated/α-hetero) is 1. The van der Waals surface area contributed by atoms with Crippen LogP contribution in [0.25, 0.3) is 0 Å². The van der Waals surface area contributed by atoms with Crippen LogP contribution in [0.5, 0.6) is 5.75 Å². The fourth-order valence-corrected chi connectivity index (χ4v) is 5.47. The Hall–Kier alpha value is -2.18. The normalized spacial score (nSPS) is 22.9. The van der Waals surface area contributed by atoms with Gasteiger partial charge in [0.25, 0.3) is 0 Å². The van der Waals surface area contributed by atoms with Crippen LogP contribution in [0.2, 0.25) is 0 Å². The van der Waals surface area contributed by atoms with E-state index in [2.05, 4.69) is 20.8 Å². The molecule has 0 aliphatic carbocycles. The lowest BCUT2D eigenvalue weighted by Crippen LogP contribution is -2.45. The smallest absolute Gasteiger partial charge is 0.243 e. The summed E-state index contributed by atoms with van der Waals surface area (Å²) in [6, 6.07) is 14.2. The number of rotatable bonds is 2. The van der Waals surface area contributed by atoms with Crippen molar-refractivity contribution in [2.75, 3.05) is 13.1 Å². The highest BCUT2D eigenvalue weighted by atomic mass is 32.2. The number of ether oxygens (including phenoxy) is 1. The predicted molar refractivity (Wildman–Crippen MR) is 107 cm³/mol. The molecule has 1 spiro atoms. The summed E-state index contributed by atoms with van der Waals surface area (Å²) >= 11 is 0. The highest BCUT2D eigenvalue weighted by Gasteiger charge is 2.48. The van der Waals surface area contributed by atoms with E-state index in [9.17, 15) is 13.2 Å². The van der Waals surface area contributed by atoms with Crippen LogP contribution >= 0.6 is 0 Å². The first-order valence-electron chi connectivity index (χ1n) is 9.53. The molecule has 1 unspecified atom stereocenters. The van der Waals surface area contributed by atoms with Crippen molar-refractivity contribution in [3.05, 3.63) is 59.7 Å². The van der Waals surface area contributed by atoms with Gasteiger partial charge in [-0.3, -0.25) is 4.79 Å². The molecular weight excluding hydrogens is 374 g/mol. The Morgan fingerprint density at radius 2 is 1.71 bits per heavy atom. The van der Waals surface area contributed by atoms with E-state index >= 15 is 0 Å². The van der Waals surface area contributed by atoms with Crippen LogP contribution in [-0.4, -0.2) is 37.2 Å². The summed E-state index contributed by atoms with van der Waals surface area (Å²) in [5, 5.41) is 0. The largest absolute Gasteiger partial charge is 0.485 e. The zero-order chi connectivity index (χ0) is 20.2. The maximum atomic E-state index is 13.1. The molecule has 148 valence electrons. The minimum absolute atomic E-state index is 0.00984. The van der Waals surface area contributed by atoms with Gasteiger partial charge in [0, 0.05) is 13.0 Å². The maximum absolute atomic E-state index is 13.1. The van der Waals surface area contributed by atoms with Gasteiger partial charge in [0.2, 0.25) is 10.0 Å². The van der Waals surface area contributed by atoms with Gasteiger partial charge in [-0.15, -0.1) is 0 Å². The first-order chi connectivity index (χ1) is 13.1. The molecule has 2 heterocycles. The van der Waals surface area contributed by atoms with E-state index in [0.717, 1.165) is 5.56 Å². The Morgan fingerprint density at radius 3 is 2.39 bits per heavy atom. The van der Waals surface area contributed by atoms with Crippen molar-refractivity contribution in [3.63, 3.8) is 0 Å². The second-order valence-corrected chi connectivity index (χ2v) is 10.7. The van der Waals surface area contributed by atoms with E-state index in [1.165, 1.54) is 4.31 Å². The van der Waals surface area contributed by atoms with E-state index in [-0.39, 0.29) is 29.1 Å². The summed E-state index contributed by atoms with van der Waals surface area (Å²) in [5.41, 5.74) is 0.849. The maximum Gasteiger partial charge on any atom is 0.243 e. The molecule has 5 nitrogen and oxygen atoms in total. The van der Waals surface area contributed by atoms with E-state index in [4.69, 9.17) is 4.74 Å². The van der Waals surface area contributed by atoms with Crippen molar-refractivity contribution in [1.82, 2.24) is 4.31 Å². The van der Waals surface area contributed by atoms with Crippen LogP contribution in [0.3, 0.4) is 0 Å². The molecule has 0 bridgehead atoms. The third-order valence-electron chi connectivity index (χ3n) is 5.64. The topological polar surface area (TPSA) is 63.7 Å². The van der Waals surface area contributed by atoms with Crippen molar-refractivity contribution < 1.29 is 17.9 Å². The fraction of sp³-hybridized carbons (Fsp3) is 0.409. The average molecular weight is 400 g/mol. The molecule has 2 aromatic rings. The minimum Gasteiger partial charge on any atom is -0.485 e. The Labute approximate surface area is 166 Å². The second-order valence-electron chi connectivity index (χ2n) is 8.74. The molecule has 28 heavy (non-hydrogen) atoms. The molecular formula is C22H25NO4S. The molecule has 0 saturated carbocycles. The second kappa shape index (κ2) is 6.42. The molecule has 0 aromatic heterocycles. The third kappa shape index (κ3) is 3.25. The summed E-state index contributed by atoms with van der Waals surface area (Å²) in [7, 11) is -3.63. The first kappa shape index (κ1) is 19.2. The molecule has 1 fully saturated rings. The molecule has 6 heteroatoms. The molecule has 0 radical (unpaired) electrons. The number of fused-ring (bicyclic) bond motifs is 1. The van der Waals surface area contributed by atoms with Gasteiger partial charge in [-0.2, -0.15) is 4.31 Å². The molecule has 2 aliphatic rings. The van der Waals surface area contributed by atoms with Crippen molar-refractivity contribution in [2.45, 2.75) is 49.5 Å². The zero-order valence-electron chi connectivity index (χ0n) is 16.4. The van der Waals surface area contributed by atoms with Gasteiger partial charge in [-0.05, 0) is 35.2 Å². The predicted octanol–water partition coefficient (Wildman–Crippen LogP) is 3.78. The minimum atomic E-state index is -3.63. The van der Waals surface area contributed by atoms with Gasteiger partial charge in [0.1, 0.15) is 11.4 Å². The number of carbonyl (C=O) groups excluding carboxylic acids is 1. The van der Waals surface area contributed by atoms with Crippen LogP contribution in [0.15, 0.2) is 53.4 Å². The van der Waals surface area contributed by atoms with Crippen LogP contribution in [-0.2, 0) is 15.4 Å². The molecule has 0 N–H and O–H groups in total. The Kier molecular flexibility index (Phi) is 4.39. The van der Waals surface area contributed by atoms with Gasteiger partial charge in [0.05, 0.1) is 23.4 Å². The van der Waals surface area contributed by atoms with Gasteiger partial charge < -0.3 is 4.74 Å². The SMILES string of the molecule is CC(C)(C)c1ccc(S(=O)(=O)N2CCC3(CC(=O)c4ccccc4O3)C2)cc1. The first-order valence-corrected chi connectivity index (χ1v) is 11.0. The lowest BCUT2D eigenvalue weighted by molar-refractivity contribution is 0.0498. The Morgan fingerprint density at radius 1 is 1.04 bits per heavy atom. The summed E-state index contributed by atoms with van der Waals surface area (Å²) in [5.74, 6) is 0.558. The van der Waals surface area contributed by atoms with Gasteiger partial charge >= 0.3 is 0 Å². The fourth-order valence-electron chi connectivity index (χ4n) is 3.96. The third-order valence-corrected chi connectivity index (χ3v) is 7.50. The summed E-state index contributed by atoms with van der Waals surface area (Å²) in [6.07, 6.45) is 0.714. The molecule has 0 amide bonds. The Bertz CT molecular complexity index is 1020. The summed E-state index contributed by atoms with van der Waals surface area (Å²) in [4.78, 5) is 12.8. The number of ketones is 1. The highest BCUT2D eigenvalue weighted by Crippen LogP contribution is 2.40. The summed E-state index contributed by atoms with van der Waals surface area (Å²) in [6.45, 7) is 6.82. The molecule has 2 aliphatic heterocycles. The van der Waals surface area contributed by atoms with E-state index < -0.39 is 15.6 Å². The number of hydrogen-bond acceptors (Lipinski definition) is 4. The quantitative estimate of drug-likeness (QED) is 0.771. The lowest BCUT2D eigenvalue weighted by atomic mass is 9.87. The number of nitrogens with zero attached hydrogens (tertiary/aromatic N) is 1.